The molecule has 3 heteroatoms. The average Bonchev–Trinajstić information content (AvgIpc) is 2.91. The Morgan fingerprint density at radius 1 is 1.00 bits per heavy atom. The Hall–Kier alpha value is -1.48. The van der Waals surface area contributed by atoms with Gasteiger partial charge in [-0.2, -0.15) is 0 Å². The Balaban J connectivity index is 2.13. The Labute approximate surface area is 174 Å². The van der Waals surface area contributed by atoms with Crippen LogP contribution in [-0.4, -0.2) is 14.9 Å². The summed E-state index contributed by atoms with van der Waals surface area (Å²) >= 11 is 0. The second-order valence-electron chi connectivity index (χ2n) is 10.9. The van der Waals surface area contributed by atoms with Crippen LogP contribution in [0.1, 0.15) is 73.8 Å². The van der Waals surface area contributed by atoms with Crippen LogP contribution in [0.15, 0.2) is 46.7 Å². The van der Waals surface area contributed by atoms with E-state index in [0.29, 0.717) is 0 Å². The fraction of sp³-hybridized carbons (Fsp3) is 0.600. The van der Waals surface area contributed by atoms with Gasteiger partial charge in [0.2, 0.25) is 8.32 Å². The van der Waals surface area contributed by atoms with Gasteiger partial charge in [-0.25, -0.2) is 0 Å². The predicted molar refractivity (Wildman–Crippen MR) is 127 cm³/mol. The molecule has 0 spiro atoms. The fourth-order valence-corrected chi connectivity index (χ4v) is 4.30. The molecular weight excluding hydrogens is 358 g/mol. The summed E-state index contributed by atoms with van der Waals surface area (Å²) in [5, 5.41) is 3.82. The second kappa shape index (κ2) is 8.10. The highest BCUT2D eigenvalue weighted by atomic mass is 28.4. The number of rotatable bonds is 5. The van der Waals surface area contributed by atoms with E-state index in [9.17, 15) is 0 Å². The van der Waals surface area contributed by atoms with Gasteiger partial charge < -0.3 is 9.74 Å². The first-order valence-corrected chi connectivity index (χ1v) is 13.6. The third-order valence-corrected chi connectivity index (χ3v) is 10.7. The lowest BCUT2D eigenvalue weighted by Gasteiger charge is -2.37. The summed E-state index contributed by atoms with van der Waals surface area (Å²) in [7, 11) is -1.82. The highest BCUT2D eigenvalue weighted by molar-refractivity contribution is 6.74. The van der Waals surface area contributed by atoms with E-state index in [0.717, 1.165) is 19.4 Å². The van der Waals surface area contributed by atoms with Crippen LogP contribution in [0.25, 0.3) is 0 Å². The Kier molecular flexibility index (Phi) is 6.60. The third-order valence-electron chi connectivity index (χ3n) is 6.40. The van der Waals surface area contributed by atoms with Gasteiger partial charge in [-0.05, 0) is 84.7 Å². The lowest BCUT2D eigenvalue weighted by molar-refractivity contribution is 0.391. The lowest BCUT2D eigenvalue weighted by Crippen LogP contribution is -2.40. The maximum Gasteiger partial charge on any atom is 0.250 e. The van der Waals surface area contributed by atoms with Gasteiger partial charge in [0, 0.05) is 12.2 Å². The number of hydrogen-bond donors (Lipinski definition) is 1. The summed E-state index contributed by atoms with van der Waals surface area (Å²) in [5.74, 6) is 1.19. The highest BCUT2D eigenvalue weighted by Crippen LogP contribution is 2.43. The van der Waals surface area contributed by atoms with Gasteiger partial charge >= 0.3 is 0 Å². The van der Waals surface area contributed by atoms with Crippen molar-refractivity contribution in [3.8, 4) is 0 Å². The zero-order chi connectivity index (χ0) is 21.3. The average molecular weight is 400 g/mol. The van der Waals surface area contributed by atoms with E-state index in [1.807, 2.05) is 0 Å². The quantitative estimate of drug-likeness (QED) is 0.510. The highest BCUT2D eigenvalue weighted by Gasteiger charge is 2.40. The smallest absolute Gasteiger partial charge is 0.250 e. The molecule has 0 unspecified atom stereocenters. The standard InChI is InChI=1S/C25H41NOSi/c1-18-11-16-22(23(18)27-28(9,10)25(6,7)8)19(2)17-26-21-14-12-20(13-15-21)24(3,4)5/h12-15,26H,11,16-17H2,1-10H3/b22-19+. The van der Waals surface area contributed by atoms with Gasteiger partial charge in [-0.15, -0.1) is 0 Å². The molecule has 0 amide bonds. The van der Waals surface area contributed by atoms with Gasteiger partial charge in [-0.1, -0.05) is 53.7 Å². The summed E-state index contributed by atoms with van der Waals surface area (Å²) in [5.41, 5.74) is 6.96. The van der Waals surface area contributed by atoms with Gasteiger partial charge in [0.25, 0.3) is 0 Å². The number of hydrogen-bond acceptors (Lipinski definition) is 2. The summed E-state index contributed by atoms with van der Waals surface area (Å²) in [6.07, 6.45) is 2.23. The first-order valence-electron chi connectivity index (χ1n) is 10.6. The maximum absolute atomic E-state index is 6.75. The second-order valence-corrected chi connectivity index (χ2v) is 15.6. The van der Waals surface area contributed by atoms with Gasteiger partial charge in [0.1, 0.15) is 5.76 Å². The minimum absolute atomic E-state index is 0.193. The molecule has 1 N–H and O–H groups in total. The molecular formula is C25H41NOSi. The molecule has 0 fully saturated rings. The van der Waals surface area contributed by atoms with E-state index in [1.54, 1.807) is 0 Å². The van der Waals surface area contributed by atoms with E-state index >= 15 is 0 Å². The molecule has 1 aromatic rings. The first-order chi connectivity index (χ1) is 12.7. The summed E-state index contributed by atoms with van der Waals surface area (Å²) in [6, 6.07) is 8.86. The van der Waals surface area contributed by atoms with Crippen LogP contribution in [0.3, 0.4) is 0 Å². The monoisotopic (exact) mass is 399 g/mol. The van der Waals surface area contributed by atoms with Gasteiger partial charge in [0.05, 0.1) is 0 Å². The van der Waals surface area contributed by atoms with Crippen LogP contribution in [-0.2, 0) is 9.84 Å². The van der Waals surface area contributed by atoms with Crippen molar-refractivity contribution in [2.75, 3.05) is 11.9 Å². The Bertz CT molecular complexity index is 755. The van der Waals surface area contributed by atoms with Crippen molar-refractivity contribution >= 4 is 14.0 Å². The molecule has 1 aromatic carbocycles. The predicted octanol–water partition coefficient (Wildman–Crippen LogP) is 7.80. The molecule has 0 aliphatic heterocycles. The van der Waals surface area contributed by atoms with Crippen molar-refractivity contribution in [2.45, 2.75) is 91.8 Å². The minimum Gasteiger partial charge on any atom is -0.543 e. The summed E-state index contributed by atoms with van der Waals surface area (Å²) in [4.78, 5) is 0. The van der Waals surface area contributed by atoms with Gasteiger partial charge in [-0.3, -0.25) is 0 Å². The lowest BCUT2D eigenvalue weighted by atomic mass is 9.87. The van der Waals surface area contributed by atoms with Crippen LogP contribution in [0, 0.1) is 0 Å². The van der Waals surface area contributed by atoms with Crippen molar-refractivity contribution in [1.82, 2.24) is 0 Å². The molecule has 0 radical (unpaired) electrons. The summed E-state index contributed by atoms with van der Waals surface area (Å²) in [6.45, 7) is 23.7. The molecule has 0 saturated heterocycles. The number of allylic oxidation sites excluding steroid dienone is 2. The molecule has 28 heavy (non-hydrogen) atoms. The van der Waals surface area contributed by atoms with E-state index in [2.05, 4.69) is 98.1 Å². The Morgan fingerprint density at radius 2 is 1.57 bits per heavy atom. The molecule has 2 nitrogen and oxygen atoms in total. The van der Waals surface area contributed by atoms with Crippen LogP contribution >= 0.6 is 0 Å². The van der Waals surface area contributed by atoms with Crippen molar-refractivity contribution in [3.05, 3.63) is 52.3 Å². The topological polar surface area (TPSA) is 21.3 Å². The van der Waals surface area contributed by atoms with Crippen molar-refractivity contribution in [3.63, 3.8) is 0 Å². The number of anilines is 1. The third kappa shape index (κ3) is 5.31. The maximum atomic E-state index is 6.75. The van der Waals surface area contributed by atoms with Crippen LogP contribution in [0.5, 0.6) is 0 Å². The molecule has 156 valence electrons. The van der Waals surface area contributed by atoms with E-state index < -0.39 is 8.32 Å². The molecule has 0 saturated carbocycles. The van der Waals surface area contributed by atoms with Crippen LogP contribution < -0.4 is 5.32 Å². The van der Waals surface area contributed by atoms with E-state index in [1.165, 1.54) is 33.7 Å². The molecule has 2 rings (SSSR count). The SMILES string of the molecule is CC1=C(O[Si](C)(C)C(C)(C)C)/C(=C(\C)CNc2ccc(C(C)(C)C)cc2)CC1. The number of benzene rings is 1. The first kappa shape index (κ1) is 22.8. The molecule has 1 aliphatic carbocycles. The fourth-order valence-electron chi connectivity index (χ4n) is 3.19. The largest absolute Gasteiger partial charge is 0.543 e. The van der Waals surface area contributed by atoms with Crippen molar-refractivity contribution < 1.29 is 4.43 Å². The van der Waals surface area contributed by atoms with Crippen molar-refractivity contribution in [1.29, 1.82) is 0 Å². The van der Waals surface area contributed by atoms with Crippen LogP contribution in [0.4, 0.5) is 5.69 Å². The molecule has 0 heterocycles. The minimum atomic E-state index is -1.82. The van der Waals surface area contributed by atoms with Crippen LogP contribution in [0.2, 0.25) is 18.1 Å². The summed E-state index contributed by atoms with van der Waals surface area (Å²) < 4.78 is 6.75. The molecule has 0 atom stereocenters. The van der Waals surface area contributed by atoms with Gasteiger partial charge in [0.15, 0.2) is 0 Å². The molecule has 0 bridgehead atoms. The molecule has 1 aliphatic rings. The van der Waals surface area contributed by atoms with E-state index in [4.69, 9.17) is 4.43 Å². The zero-order valence-corrected chi connectivity index (χ0v) is 20.8. The number of nitrogens with one attached hydrogen (secondary N) is 1. The van der Waals surface area contributed by atoms with Crippen molar-refractivity contribution in [2.24, 2.45) is 0 Å². The molecule has 0 aromatic heterocycles. The van der Waals surface area contributed by atoms with E-state index in [-0.39, 0.29) is 10.5 Å². The zero-order valence-electron chi connectivity index (χ0n) is 19.8. The normalized spacial score (nSPS) is 17.8. The Morgan fingerprint density at radius 3 is 2.07 bits per heavy atom.